The van der Waals surface area contributed by atoms with Crippen molar-refractivity contribution in [3.8, 4) is 0 Å². The van der Waals surface area contributed by atoms with Crippen LogP contribution in [0.15, 0.2) is 58.5 Å². The third-order valence-corrected chi connectivity index (χ3v) is 5.37. The molecule has 0 spiro atoms. The molecule has 2 aromatic carbocycles. The van der Waals surface area contributed by atoms with Crippen LogP contribution in [-0.4, -0.2) is 20.0 Å². The molecule has 0 bridgehead atoms. The van der Waals surface area contributed by atoms with E-state index >= 15 is 0 Å². The lowest BCUT2D eigenvalue weighted by Crippen LogP contribution is -2.20. The number of unbranched alkanes of at least 4 members (excludes halogenated alkanes) is 1. The highest BCUT2D eigenvalue weighted by molar-refractivity contribution is 7.92. The Morgan fingerprint density at radius 1 is 1.15 bits per heavy atom. The average molecular weight is 408 g/mol. The van der Waals surface area contributed by atoms with Crippen LogP contribution in [0.2, 0.25) is 5.02 Å². The second kappa shape index (κ2) is 9.53. The van der Waals surface area contributed by atoms with E-state index in [2.05, 4.69) is 22.2 Å². The van der Waals surface area contributed by atoms with Gasteiger partial charge in [0.2, 0.25) is 0 Å². The van der Waals surface area contributed by atoms with Gasteiger partial charge >= 0.3 is 0 Å². The van der Waals surface area contributed by atoms with Crippen molar-refractivity contribution in [3.63, 3.8) is 0 Å². The maximum Gasteiger partial charge on any atom is 0.271 e. The molecule has 0 aliphatic carbocycles. The van der Waals surface area contributed by atoms with E-state index in [0.29, 0.717) is 10.7 Å². The number of benzene rings is 2. The van der Waals surface area contributed by atoms with E-state index in [1.54, 1.807) is 24.3 Å². The van der Waals surface area contributed by atoms with Crippen molar-refractivity contribution < 1.29 is 13.2 Å². The molecule has 0 fully saturated rings. The van der Waals surface area contributed by atoms with Gasteiger partial charge in [-0.2, -0.15) is 5.10 Å². The van der Waals surface area contributed by atoms with Crippen molar-refractivity contribution in [2.24, 2.45) is 5.10 Å². The number of amides is 1. The zero-order valence-corrected chi connectivity index (χ0v) is 16.8. The summed E-state index contributed by atoms with van der Waals surface area (Å²) >= 11 is 5.80. The highest BCUT2D eigenvalue weighted by Gasteiger charge is 2.16. The van der Waals surface area contributed by atoms with E-state index in [1.165, 1.54) is 24.3 Å². The van der Waals surface area contributed by atoms with Crippen LogP contribution in [0.4, 0.5) is 5.69 Å². The fourth-order valence-electron chi connectivity index (χ4n) is 2.24. The van der Waals surface area contributed by atoms with Crippen molar-refractivity contribution >= 4 is 38.9 Å². The van der Waals surface area contributed by atoms with E-state index in [1.807, 2.05) is 6.92 Å². The fourth-order valence-corrected chi connectivity index (χ4v) is 3.47. The third kappa shape index (κ3) is 6.37. The van der Waals surface area contributed by atoms with Gasteiger partial charge in [-0.05, 0) is 62.2 Å². The van der Waals surface area contributed by atoms with Crippen LogP contribution in [0.3, 0.4) is 0 Å². The highest BCUT2D eigenvalue weighted by atomic mass is 35.5. The average Bonchev–Trinajstić information content (AvgIpc) is 2.66. The Morgan fingerprint density at radius 3 is 2.52 bits per heavy atom. The van der Waals surface area contributed by atoms with E-state index in [9.17, 15) is 13.2 Å². The van der Waals surface area contributed by atoms with Crippen LogP contribution in [-0.2, 0) is 10.0 Å². The molecule has 27 heavy (non-hydrogen) atoms. The first kappa shape index (κ1) is 20.9. The molecule has 1 amide bonds. The van der Waals surface area contributed by atoms with Gasteiger partial charge in [0.15, 0.2) is 0 Å². The lowest BCUT2D eigenvalue weighted by molar-refractivity contribution is 0.0954. The molecule has 0 radical (unpaired) electrons. The largest absolute Gasteiger partial charge is 0.280 e. The first-order valence-electron chi connectivity index (χ1n) is 8.54. The van der Waals surface area contributed by atoms with Gasteiger partial charge in [-0.25, -0.2) is 13.8 Å². The maximum absolute atomic E-state index is 12.5. The van der Waals surface area contributed by atoms with Crippen LogP contribution >= 0.6 is 11.6 Å². The smallest absolute Gasteiger partial charge is 0.271 e. The van der Waals surface area contributed by atoms with E-state index in [0.717, 1.165) is 25.0 Å². The molecular weight excluding hydrogens is 386 g/mol. The van der Waals surface area contributed by atoms with Crippen LogP contribution in [0.5, 0.6) is 0 Å². The van der Waals surface area contributed by atoms with Crippen LogP contribution in [0.25, 0.3) is 0 Å². The van der Waals surface area contributed by atoms with Crippen molar-refractivity contribution in [2.75, 3.05) is 4.72 Å². The van der Waals surface area contributed by atoms with Crippen molar-refractivity contribution in [2.45, 2.75) is 38.0 Å². The minimum absolute atomic E-state index is 0.0169. The summed E-state index contributed by atoms with van der Waals surface area (Å²) < 4.78 is 27.5. The molecule has 2 aromatic rings. The molecule has 2 rings (SSSR count). The number of nitrogens with one attached hydrogen (secondary N) is 2. The van der Waals surface area contributed by atoms with Gasteiger partial charge in [0.05, 0.1) is 4.90 Å². The highest BCUT2D eigenvalue weighted by Crippen LogP contribution is 2.19. The van der Waals surface area contributed by atoms with E-state index in [4.69, 9.17) is 11.6 Å². The second-order valence-electron chi connectivity index (χ2n) is 6.03. The van der Waals surface area contributed by atoms with Crippen molar-refractivity contribution in [1.82, 2.24) is 5.43 Å². The molecule has 0 saturated heterocycles. The maximum atomic E-state index is 12.5. The topological polar surface area (TPSA) is 87.6 Å². The molecule has 0 aromatic heterocycles. The number of sulfonamides is 1. The fraction of sp³-hybridized carbons (Fsp3) is 0.263. The van der Waals surface area contributed by atoms with Gasteiger partial charge in [-0.15, -0.1) is 0 Å². The summed E-state index contributed by atoms with van der Waals surface area (Å²) in [6.07, 6.45) is 2.84. The molecular formula is C19H22ClN3O3S. The van der Waals surface area contributed by atoms with Crippen LogP contribution in [0, 0.1) is 0 Å². The van der Waals surface area contributed by atoms with Gasteiger partial charge in [-0.1, -0.05) is 31.0 Å². The number of carbonyl (C=O) groups excluding carboxylic acids is 1. The monoisotopic (exact) mass is 407 g/mol. The summed E-state index contributed by atoms with van der Waals surface area (Å²) in [4.78, 5) is 12.2. The Morgan fingerprint density at radius 2 is 1.85 bits per heavy atom. The van der Waals surface area contributed by atoms with Gasteiger partial charge in [0.25, 0.3) is 15.9 Å². The van der Waals surface area contributed by atoms with Gasteiger partial charge < -0.3 is 0 Å². The number of hydrogen-bond acceptors (Lipinski definition) is 4. The predicted octanol–water partition coefficient (Wildman–Crippen LogP) is 4.44. The molecule has 0 saturated carbocycles. The molecule has 0 heterocycles. The minimum Gasteiger partial charge on any atom is -0.280 e. The van der Waals surface area contributed by atoms with Crippen LogP contribution < -0.4 is 10.1 Å². The number of hydrogen-bond donors (Lipinski definition) is 2. The lowest BCUT2D eigenvalue weighted by atomic mass is 10.2. The summed E-state index contributed by atoms with van der Waals surface area (Å²) in [6, 6.07) is 12.1. The Labute approximate surface area is 164 Å². The Kier molecular flexibility index (Phi) is 7.38. The Hall–Kier alpha value is -2.38. The second-order valence-corrected chi connectivity index (χ2v) is 8.15. The molecule has 0 atom stereocenters. The van der Waals surface area contributed by atoms with Gasteiger partial charge in [-0.3, -0.25) is 9.52 Å². The molecule has 8 heteroatoms. The number of carbonyl (C=O) groups is 1. The quantitative estimate of drug-likeness (QED) is 0.501. The zero-order valence-electron chi connectivity index (χ0n) is 15.2. The number of hydrazone groups is 1. The van der Waals surface area contributed by atoms with Crippen molar-refractivity contribution in [3.05, 3.63) is 59.1 Å². The minimum atomic E-state index is -3.83. The van der Waals surface area contributed by atoms with Gasteiger partial charge in [0.1, 0.15) is 0 Å². The SMILES string of the molecule is CCCC/C(C)=N\NC(=O)c1cccc(S(=O)(=O)Nc2ccc(Cl)cc2)c1. The molecule has 0 aliphatic heterocycles. The van der Waals surface area contributed by atoms with Crippen molar-refractivity contribution in [1.29, 1.82) is 0 Å². The standard InChI is InChI=1S/C19H22ClN3O3S/c1-3-4-6-14(2)21-22-19(24)15-7-5-8-18(13-15)27(25,26)23-17-11-9-16(20)10-12-17/h5,7-13,23H,3-4,6H2,1-2H3,(H,22,24)/b21-14-. The first-order valence-corrected chi connectivity index (χ1v) is 10.4. The third-order valence-electron chi connectivity index (χ3n) is 3.74. The molecule has 6 nitrogen and oxygen atoms in total. The van der Waals surface area contributed by atoms with E-state index < -0.39 is 15.9 Å². The van der Waals surface area contributed by atoms with E-state index in [-0.39, 0.29) is 10.5 Å². The van der Waals surface area contributed by atoms with Crippen LogP contribution in [0.1, 0.15) is 43.5 Å². The normalized spacial score (nSPS) is 11.9. The predicted molar refractivity (Wildman–Crippen MR) is 109 cm³/mol. The zero-order chi connectivity index (χ0) is 19.9. The molecule has 144 valence electrons. The summed E-state index contributed by atoms with van der Waals surface area (Å²) in [7, 11) is -3.83. The molecule has 0 aliphatic rings. The summed E-state index contributed by atoms with van der Waals surface area (Å²) in [5, 5.41) is 4.55. The number of halogens is 1. The molecule has 2 N–H and O–H groups in total. The summed E-state index contributed by atoms with van der Waals surface area (Å²) in [5.74, 6) is -0.464. The first-order chi connectivity index (χ1) is 12.8. The number of nitrogens with zero attached hydrogens (tertiary/aromatic N) is 1. The number of anilines is 1. The summed E-state index contributed by atoms with van der Waals surface area (Å²) in [6.45, 7) is 3.92. The van der Waals surface area contributed by atoms with Gasteiger partial charge in [0, 0.05) is 22.0 Å². The summed E-state index contributed by atoms with van der Waals surface area (Å²) in [5.41, 5.74) is 3.87. The lowest BCUT2D eigenvalue weighted by Gasteiger charge is -2.09. The Bertz CT molecular complexity index is 925. The molecule has 0 unspecified atom stereocenters. The number of rotatable bonds is 8. The Balaban J connectivity index is 2.13.